The summed E-state index contributed by atoms with van der Waals surface area (Å²) in [4.78, 5) is 20.1. The van der Waals surface area contributed by atoms with Crippen molar-refractivity contribution < 1.29 is 9.53 Å². The van der Waals surface area contributed by atoms with Crippen molar-refractivity contribution in [1.29, 1.82) is 0 Å². The van der Waals surface area contributed by atoms with Crippen LogP contribution in [0.5, 0.6) is 0 Å². The lowest BCUT2D eigenvalue weighted by atomic mass is 9.62. The van der Waals surface area contributed by atoms with E-state index in [0.717, 1.165) is 41.1 Å². The lowest BCUT2D eigenvalue weighted by Gasteiger charge is -2.43. The molecule has 0 saturated heterocycles. The van der Waals surface area contributed by atoms with Crippen molar-refractivity contribution in [1.82, 2.24) is 0 Å². The quantitative estimate of drug-likeness (QED) is 0.292. The largest absolute Gasteiger partial charge is 0.465 e. The summed E-state index contributed by atoms with van der Waals surface area (Å²) in [5.41, 5.74) is 13.0. The highest BCUT2D eigenvalue weighted by atomic mass is 16.5. The van der Waals surface area contributed by atoms with Gasteiger partial charge in [-0.15, -0.1) is 0 Å². The fourth-order valence-electron chi connectivity index (χ4n) is 7.43. The Kier molecular flexibility index (Phi) is 6.36. The summed E-state index contributed by atoms with van der Waals surface area (Å²) in [7, 11) is 3.63. The van der Waals surface area contributed by atoms with Gasteiger partial charge in [-0.1, -0.05) is 67.5 Å². The van der Waals surface area contributed by atoms with E-state index in [1.807, 2.05) is 24.3 Å². The molecule has 42 heavy (non-hydrogen) atoms. The number of rotatable bonds is 2. The van der Waals surface area contributed by atoms with Crippen molar-refractivity contribution >= 4 is 28.7 Å². The van der Waals surface area contributed by atoms with Gasteiger partial charge in [0.2, 0.25) is 0 Å². The molecule has 0 unspecified atom stereocenters. The predicted molar refractivity (Wildman–Crippen MR) is 175 cm³/mol. The summed E-state index contributed by atoms with van der Waals surface area (Å²) in [6, 6.07) is 17.4. The number of hydrogen-bond acceptors (Lipinski definition) is 4. The molecule has 3 aromatic carbocycles. The van der Waals surface area contributed by atoms with Crippen LogP contribution in [0.25, 0.3) is 0 Å². The van der Waals surface area contributed by atoms with Crippen LogP contribution in [-0.4, -0.2) is 25.8 Å². The standard InChI is InChI=1S/C38H46N2O2/c1-35(2)15-17-37(5,6)28-21-31-25(19-26(28)35)33(23-11-13-24(14-12-23)34(41)42-10)39-30-20-27-29(22-32(30)40(31)9)38(7,8)18-16-36(27,3)4/h11-14,19-22H,15-18H2,1-10H3. The summed E-state index contributed by atoms with van der Waals surface area (Å²) >= 11 is 0. The highest BCUT2D eigenvalue weighted by Crippen LogP contribution is 2.53. The normalized spacial score (nSPS) is 20.7. The molecule has 0 amide bonds. The zero-order valence-electron chi connectivity index (χ0n) is 27.2. The van der Waals surface area contributed by atoms with Crippen molar-refractivity contribution in [2.45, 2.75) is 103 Å². The number of benzene rings is 3. The third-order valence-corrected chi connectivity index (χ3v) is 10.7. The topological polar surface area (TPSA) is 41.9 Å². The first kappa shape index (κ1) is 28.7. The van der Waals surface area contributed by atoms with E-state index in [2.05, 4.69) is 91.6 Å². The molecule has 4 heteroatoms. The number of nitrogens with zero attached hydrogens (tertiary/aromatic N) is 2. The maximum atomic E-state index is 12.2. The highest BCUT2D eigenvalue weighted by Gasteiger charge is 2.41. The number of methoxy groups -OCH3 is 1. The average Bonchev–Trinajstić information content (AvgIpc) is 3.06. The van der Waals surface area contributed by atoms with Crippen molar-refractivity contribution in [3.05, 3.63) is 87.5 Å². The van der Waals surface area contributed by atoms with Crippen molar-refractivity contribution in [3.8, 4) is 0 Å². The average molecular weight is 563 g/mol. The first-order valence-corrected chi connectivity index (χ1v) is 15.5. The van der Waals surface area contributed by atoms with Crippen LogP contribution in [0.15, 0.2) is 53.5 Å². The third kappa shape index (κ3) is 4.41. The minimum atomic E-state index is -0.329. The number of carbonyl (C=O) groups is 1. The zero-order chi connectivity index (χ0) is 30.4. The van der Waals surface area contributed by atoms with Crippen LogP contribution in [-0.2, 0) is 26.4 Å². The Balaban J connectivity index is 1.66. The van der Waals surface area contributed by atoms with Crippen LogP contribution in [0.3, 0.4) is 0 Å². The number of esters is 1. The molecule has 6 rings (SSSR count). The van der Waals surface area contributed by atoms with E-state index in [9.17, 15) is 4.79 Å². The lowest BCUT2D eigenvalue weighted by molar-refractivity contribution is 0.0600. The van der Waals surface area contributed by atoms with Crippen molar-refractivity contribution in [2.24, 2.45) is 4.99 Å². The molecule has 0 saturated carbocycles. The van der Waals surface area contributed by atoms with Gasteiger partial charge in [-0.3, -0.25) is 0 Å². The van der Waals surface area contributed by atoms with E-state index in [1.54, 1.807) is 0 Å². The van der Waals surface area contributed by atoms with Crippen LogP contribution in [0.4, 0.5) is 17.1 Å². The Hall–Kier alpha value is -3.40. The van der Waals surface area contributed by atoms with Gasteiger partial charge in [-0.2, -0.15) is 0 Å². The molecular formula is C38H46N2O2. The van der Waals surface area contributed by atoms with Crippen molar-refractivity contribution in [3.63, 3.8) is 0 Å². The maximum Gasteiger partial charge on any atom is 0.337 e. The smallest absolute Gasteiger partial charge is 0.337 e. The fourth-order valence-corrected chi connectivity index (χ4v) is 7.43. The van der Waals surface area contributed by atoms with Gasteiger partial charge in [0.1, 0.15) is 0 Å². The Bertz CT molecular complexity index is 1640. The van der Waals surface area contributed by atoms with Crippen LogP contribution in [0.2, 0.25) is 0 Å². The van der Waals surface area contributed by atoms with Gasteiger partial charge in [-0.05, 0) is 106 Å². The number of anilines is 2. The van der Waals surface area contributed by atoms with E-state index >= 15 is 0 Å². The SMILES string of the molecule is COC(=O)c1ccc(C2=Nc3cc4c(cc3N(C)c3cc5c(cc32)C(C)(C)CCC5(C)C)C(C)(C)CCC4(C)C)cc1. The van der Waals surface area contributed by atoms with Crippen LogP contribution < -0.4 is 4.90 Å². The molecule has 3 aliphatic rings. The third-order valence-electron chi connectivity index (χ3n) is 10.7. The first-order chi connectivity index (χ1) is 19.6. The molecule has 220 valence electrons. The summed E-state index contributed by atoms with van der Waals surface area (Å²) in [6.07, 6.45) is 4.64. The van der Waals surface area contributed by atoms with E-state index in [-0.39, 0.29) is 27.6 Å². The summed E-state index contributed by atoms with van der Waals surface area (Å²) in [5, 5.41) is 0. The molecule has 3 aromatic rings. The minimum absolute atomic E-state index is 0.0740. The van der Waals surface area contributed by atoms with Gasteiger partial charge >= 0.3 is 5.97 Å². The van der Waals surface area contributed by atoms with E-state index in [4.69, 9.17) is 9.73 Å². The summed E-state index contributed by atoms with van der Waals surface area (Å²) in [6.45, 7) is 19.0. The molecule has 0 spiro atoms. The predicted octanol–water partition coefficient (Wildman–Crippen LogP) is 9.42. The summed E-state index contributed by atoms with van der Waals surface area (Å²) < 4.78 is 4.98. The molecule has 1 heterocycles. The molecular weight excluding hydrogens is 516 g/mol. The molecule has 2 aliphatic carbocycles. The van der Waals surface area contributed by atoms with Gasteiger partial charge in [0.15, 0.2) is 0 Å². The molecule has 0 fully saturated rings. The lowest BCUT2D eigenvalue weighted by Crippen LogP contribution is -2.35. The van der Waals surface area contributed by atoms with E-state index < -0.39 is 0 Å². The number of aliphatic imine (C=N–C) groups is 1. The minimum Gasteiger partial charge on any atom is -0.465 e. The second-order valence-electron chi connectivity index (χ2n) is 15.4. The number of hydrogen-bond donors (Lipinski definition) is 0. The highest BCUT2D eigenvalue weighted by molar-refractivity contribution is 6.19. The van der Waals surface area contributed by atoms with Gasteiger partial charge in [-0.25, -0.2) is 9.79 Å². The molecule has 0 radical (unpaired) electrons. The monoisotopic (exact) mass is 562 g/mol. The molecule has 1 aliphatic heterocycles. The molecule has 4 nitrogen and oxygen atoms in total. The zero-order valence-corrected chi connectivity index (χ0v) is 27.2. The Labute approximate surface area is 252 Å². The van der Waals surface area contributed by atoms with Gasteiger partial charge in [0.05, 0.1) is 35.4 Å². The number of ether oxygens (including phenoxy) is 1. The van der Waals surface area contributed by atoms with E-state index in [1.165, 1.54) is 47.9 Å². The fraction of sp³-hybridized carbons (Fsp3) is 0.474. The number of carbonyl (C=O) groups excluding carboxylic acids is 1. The van der Waals surface area contributed by atoms with Crippen LogP contribution >= 0.6 is 0 Å². The van der Waals surface area contributed by atoms with Gasteiger partial charge in [0.25, 0.3) is 0 Å². The van der Waals surface area contributed by atoms with Crippen molar-refractivity contribution in [2.75, 3.05) is 19.1 Å². The Morgan fingerprint density at radius 3 is 1.64 bits per heavy atom. The summed E-state index contributed by atoms with van der Waals surface area (Å²) in [5.74, 6) is -0.329. The first-order valence-electron chi connectivity index (χ1n) is 15.5. The molecule has 0 bridgehead atoms. The second kappa shape index (κ2) is 9.30. The maximum absolute atomic E-state index is 12.2. The van der Waals surface area contributed by atoms with Gasteiger partial charge < -0.3 is 9.64 Å². The Morgan fingerprint density at radius 1 is 0.690 bits per heavy atom. The molecule has 0 aromatic heterocycles. The Morgan fingerprint density at radius 2 is 1.14 bits per heavy atom. The second-order valence-corrected chi connectivity index (χ2v) is 15.4. The number of fused-ring (bicyclic) bond motifs is 4. The molecule has 0 atom stereocenters. The van der Waals surface area contributed by atoms with E-state index in [0.29, 0.717) is 5.56 Å². The molecule has 0 N–H and O–H groups in total. The van der Waals surface area contributed by atoms with Crippen LogP contribution in [0.1, 0.15) is 125 Å². The van der Waals surface area contributed by atoms with Gasteiger partial charge in [0, 0.05) is 18.2 Å². The van der Waals surface area contributed by atoms with Crippen LogP contribution in [0, 0.1) is 0 Å².